The molecule has 0 aliphatic rings. The first-order valence-corrected chi connectivity index (χ1v) is 9.46. The summed E-state index contributed by atoms with van der Waals surface area (Å²) in [6.07, 6.45) is 1.76. The van der Waals surface area contributed by atoms with Crippen molar-refractivity contribution in [1.82, 2.24) is 9.55 Å². The number of thiazole rings is 1. The van der Waals surface area contributed by atoms with Crippen LogP contribution in [0.3, 0.4) is 0 Å². The standard InChI is InChI=1S/C20H14BrN3S/c21-16-11-9-15(10-12-16)18-14-25-20(23-19-8-4-5-13-22-19)24(18)17-6-2-1-3-7-17/h1-14H/b23-20-. The zero-order chi connectivity index (χ0) is 17.1. The van der Waals surface area contributed by atoms with Crippen molar-refractivity contribution in [2.45, 2.75) is 0 Å². The monoisotopic (exact) mass is 407 g/mol. The molecular formula is C20H14BrN3S. The number of halogens is 1. The summed E-state index contributed by atoms with van der Waals surface area (Å²) in [5, 5.41) is 2.14. The Morgan fingerprint density at radius 2 is 1.64 bits per heavy atom. The van der Waals surface area contributed by atoms with E-state index >= 15 is 0 Å². The van der Waals surface area contributed by atoms with Crippen molar-refractivity contribution < 1.29 is 0 Å². The van der Waals surface area contributed by atoms with Gasteiger partial charge in [0.15, 0.2) is 10.6 Å². The van der Waals surface area contributed by atoms with E-state index in [1.54, 1.807) is 17.5 Å². The normalized spacial score (nSPS) is 11.6. The fraction of sp³-hybridized carbons (Fsp3) is 0. The minimum atomic E-state index is 0.705. The SMILES string of the molecule is Brc1ccc(-c2cs/c(=N\c3ccccn3)n2-c2ccccc2)cc1. The molecule has 0 N–H and O–H groups in total. The van der Waals surface area contributed by atoms with E-state index in [2.05, 4.69) is 67.3 Å². The van der Waals surface area contributed by atoms with E-state index in [1.165, 1.54) is 0 Å². The van der Waals surface area contributed by atoms with Crippen LogP contribution in [0.1, 0.15) is 0 Å². The zero-order valence-corrected chi connectivity index (χ0v) is 15.6. The van der Waals surface area contributed by atoms with E-state index in [4.69, 9.17) is 4.99 Å². The first-order valence-electron chi connectivity index (χ1n) is 7.79. The van der Waals surface area contributed by atoms with Crippen molar-refractivity contribution in [3.63, 3.8) is 0 Å². The van der Waals surface area contributed by atoms with Crippen LogP contribution in [0, 0.1) is 0 Å². The maximum absolute atomic E-state index is 4.74. The van der Waals surface area contributed by atoms with Crippen LogP contribution >= 0.6 is 27.3 Å². The molecule has 0 atom stereocenters. The van der Waals surface area contributed by atoms with Crippen LogP contribution in [-0.4, -0.2) is 9.55 Å². The van der Waals surface area contributed by atoms with Gasteiger partial charge in [-0.25, -0.2) is 9.98 Å². The quantitative estimate of drug-likeness (QED) is 0.434. The second-order valence-corrected chi connectivity index (χ2v) is 7.13. The Balaban J connectivity index is 1.94. The first kappa shape index (κ1) is 16.0. The molecule has 0 fully saturated rings. The molecule has 4 aromatic rings. The molecule has 4 rings (SSSR count). The Hall–Kier alpha value is -2.50. The van der Waals surface area contributed by atoms with Gasteiger partial charge in [0.2, 0.25) is 0 Å². The molecule has 0 aliphatic carbocycles. The average molecular weight is 408 g/mol. The van der Waals surface area contributed by atoms with Gasteiger partial charge in [0, 0.05) is 21.7 Å². The number of nitrogens with zero attached hydrogens (tertiary/aromatic N) is 3. The van der Waals surface area contributed by atoms with Crippen molar-refractivity contribution in [3.8, 4) is 16.9 Å². The second-order valence-electron chi connectivity index (χ2n) is 5.38. The van der Waals surface area contributed by atoms with Crippen molar-refractivity contribution in [2.75, 3.05) is 0 Å². The Labute approximate surface area is 158 Å². The minimum absolute atomic E-state index is 0.705. The van der Waals surface area contributed by atoms with Crippen molar-refractivity contribution in [1.29, 1.82) is 0 Å². The van der Waals surface area contributed by atoms with Crippen LogP contribution in [0.15, 0.2) is 93.8 Å². The maximum Gasteiger partial charge on any atom is 0.196 e. The molecule has 122 valence electrons. The Bertz CT molecular complexity index is 1040. The summed E-state index contributed by atoms with van der Waals surface area (Å²) < 4.78 is 3.24. The van der Waals surface area contributed by atoms with Gasteiger partial charge in [-0.2, -0.15) is 0 Å². The van der Waals surface area contributed by atoms with Gasteiger partial charge in [-0.15, -0.1) is 11.3 Å². The van der Waals surface area contributed by atoms with Crippen molar-refractivity contribution in [3.05, 3.63) is 93.6 Å². The van der Waals surface area contributed by atoms with E-state index < -0.39 is 0 Å². The third-order valence-corrected chi connectivity index (χ3v) is 5.08. The molecule has 3 nitrogen and oxygen atoms in total. The molecule has 2 aromatic carbocycles. The van der Waals surface area contributed by atoms with E-state index in [0.717, 1.165) is 26.2 Å². The van der Waals surface area contributed by atoms with Gasteiger partial charge in [-0.1, -0.05) is 52.3 Å². The second kappa shape index (κ2) is 7.17. The summed E-state index contributed by atoms with van der Waals surface area (Å²) in [6.45, 7) is 0. The van der Waals surface area contributed by atoms with Crippen LogP contribution in [0.5, 0.6) is 0 Å². The van der Waals surface area contributed by atoms with Crippen LogP contribution in [0.2, 0.25) is 0 Å². The van der Waals surface area contributed by atoms with Crippen LogP contribution in [0.25, 0.3) is 16.9 Å². The molecule has 0 saturated heterocycles. The van der Waals surface area contributed by atoms with Crippen LogP contribution in [0.4, 0.5) is 5.82 Å². The summed E-state index contributed by atoms with van der Waals surface area (Å²) in [5.74, 6) is 0.705. The molecule has 2 heterocycles. The lowest BCUT2D eigenvalue weighted by molar-refractivity contribution is 1.00. The molecule has 0 radical (unpaired) electrons. The molecule has 0 aliphatic heterocycles. The van der Waals surface area contributed by atoms with Crippen molar-refractivity contribution in [2.24, 2.45) is 4.99 Å². The highest BCUT2D eigenvalue weighted by molar-refractivity contribution is 9.10. The predicted molar refractivity (Wildman–Crippen MR) is 106 cm³/mol. The molecule has 2 aromatic heterocycles. The summed E-state index contributed by atoms with van der Waals surface area (Å²) in [6, 6.07) is 24.3. The number of rotatable bonds is 3. The topological polar surface area (TPSA) is 30.2 Å². The Morgan fingerprint density at radius 1 is 0.880 bits per heavy atom. The highest BCUT2D eigenvalue weighted by Gasteiger charge is 2.10. The van der Waals surface area contributed by atoms with E-state index in [-0.39, 0.29) is 0 Å². The van der Waals surface area contributed by atoms with E-state index in [0.29, 0.717) is 5.82 Å². The number of pyridine rings is 1. The van der Waals surface area contributed by atoms with Gasteiger partial charge in [-0.3, -0.25) is 4.57 Å². The highest BCUT2D eigenvalue weighted by Crippen LogP contribution is 2.25. The molecule has 0 amide bonds. The summed E-state index contributed by atoms with van der Waals surface area (Å²) >= 11 is 5.11. The van der Waals surface area contributed by atoms with Gasteiger partial charge >= 0.3 is 0 Å². The Morgan fingerprint density at radius 3 is 2.36 bits per heavy atom. The van der Waals surface area contributed by atoms with Gasteiger partial charge in [0.05, 0.1) is 5.69 Å². The lowest BCUT2D eigenvalue weighted by Gasteiger charge is -2.09. The largest absolute Gasteiger partial charge is 0.285 e. The third-order valence-electron chi connectivity index (χ3n) is 3.72. The smallest absolute Gasteiger partial charge is 0.196 e. The third kappa shape index (κ3) is 3.48. The van der Waals surface area contributed by atoms with Crippen molar-refractivity contribution >= 4 is 33.1 Å². The fourth-order valence-electron chi connectivity index (χ4n) is 2.56. The molecule has 0 bridgehead atoms. The minimum Gasteiger partial charge on any atom is -0.285 e. The number of aromatic nitrogens is 2. The number of hydrogen-bond acceptors (Lipinski definition) is 3. The predicted octanol–water partition coefficient (Wildman–Crippen LogP) is 5.60. The molecule has 0 saturated carbocycles. The molecular weight excluding hydrogens is 394 g/mol. The van der Waals surface area contributed by atoms with Crippen LogP contribution in [-0.2, 0) is 0 Å². The van der Waals surface area contributed by atoms with Crippen LogP contribution < -0.4 is 4.80 Å². The lowest BCUT2D eigenvalue weighted by atomic mass is 10.1. The molecule has 5 heteroatoms. The fourth-order valence-corrected chi connectivity index (χ4v) is 3.73. The maximum atomic E-state index is 4.74. The zero-order valence-electron chi connectivity index (χ0n) is 13.2. The first-order chi connectivity index (χ1) is 12.3. The summed E-state index contributed by atoms with van der Waals surface area (Å²) in [7, 11) is 0. The van der Waals surface area contributed by atoms with Gasteiger partial charge in [-0.05, 0) is 42.0 Å². The number of hydrogen-bond donors (Lipinski definition) is 0. The highest BCUT2D eigenvalue weighted by atomic mass is 79.9. The average Bonchev–Trinajstić information content (AvgIpc) is 3.07. The van der Waals surface area contributed by atoms with Gasteiger partial charge in [0.25, 0.3) is 0 Å². The Kier molecular flexibility index (Phi) is 4.59. The molecule has 25 heavy (non-hydrogen) atoms. The number of benzene rings is 2. The van der Waals surface area contributed by atoms with Gasteiger partial charge < -0.3 is 0 Å². The van der Waals surface area contributed by atoms with Gasteiger partial charge in [0.1, 0.15) is 0 Å². The summed E-state index contributed by atoms with van der Waals surface area (Å²) in [4.78, 5) is 9.96. The molecule has 0 unspecified atom stereocenters. The summed E-state index contributed by atoms with van der Waals surface area (Å²) in [5.41, 5.74) is 3.33. The number of para-hydroxylation sites is 1. The lowest BCUT2D eigenvalue weighted by Crippen LogP contribution is -2.13. The van der Waals surface area contributed by atoms with E-state index in [1.807, 2.05) is 36.4 Å². The molecule has 0 spiro atoms. The van der Waals surface area contributed by atoms with E-state index in [9.17, 15) is 0 Å².